The number of carbonyl (C=O) groups is 1. The van der Waals surface area contributed by atoms with E-state index in [1.807, 2.05) is 0 Å². The minimum Gasteiger partial charge on any atom is -0.459 e. The van der Waals surface area contributed by atoms with Crippen LogP contribution < -0.4 is 0 Å². The van der Waals surface area contributed by atoms with Crippen molar-refractivity contribution in [2.75, 3.05) is 6.61 Å². The Kier molecular flexibility index (Phi) is 4.69. The third-order valence-corrected chi connectivity index (χ3v) is 3.08. The SMILES string of the molecule is O=C(OC[C@H]1O[C@H](O)[C@@H](O)[C@@H](O)[C@@H]1O)c1ccccc1. The Bertz CT molecular complexity index is 449. The van der Waals surface area contributed by atoms with Crippen LogP contribution in [0, 0.1) is 0 Å². The fourth-order valence-electron chi connectivity index (χ4n) is 1.88. The van der Waals surface area contributed by atoms with Crippen molar-refractivity contribution >= 4 is 5.97 Å². The van der Waals surface area contributed by atoms with E-state index < -0.39 is 36.7 Å². The molecule has 20 heavy (non-hydrogen) atoms. The first-order chi connectivity index (χ1) is 9.50. The maximum absolute atomic E-state index is 11.7. The predicted octanol–water partition coefficient (Wildman–Crippen LogP) is -1.36. The summed E-state index contributed by atoms with van der Waals surface area (Å²) in [4.78, 5) is 11.7. The number of esters is 1. The van der Waals surface area contributed by atoms with E-state index in [-0.39, 0.29) is 6.61 Å². The first-order valence-corrected chi connectivity index (χ1v) is 6.10. The molecule has 110 valence electrons. The van der Waals surface area contributed by atoms with Crippen LogP contribution in [0.3, 0.4) is 0 Å². The van der Waals surface area contributed by atoms with Crippen molar-refractivity contribution in [2.24, 2.45) is 0 Å². The van der Waals surface area contributed by atoms with Gasteiger partial charge in [0.15, 0.2) is 6.29 Å². The summed E-state index contributed by atoms with van der Waals surface area (Å²) in [6, 6.07) is 8.22. The molecule has 0 aromatic heterocycles. The summed E-state index contributed by atoms with van der Waals surface area (Å²) in [7, 11) is 0. The zero-order chi connectivity index (χ0) is 14.7. The van der Waals surface area contributed by atoms with Crippen molar-refractivity contribution in [3.8, 4) is 0 Å². The molecule has 0 amide bonds. The Morgan fingerprint density at radius 2 is 1.70 bits per heavy atom. The standard InChI is InChI=1S/C13H16O7/c14-9-8(20-13(18)11(16)10(9)15)6-19-12(17)7-4-2-1-3-5-7/h1-5,8-11,13-16,18H,6H2/t8-,9-,10+,11+,13+/m1/s1. The van der Waals surface area contributed by atoms with Gasteiger partial charge in [0.25, 0.3) is 0 Å². The molecule has 1 aromatic carbocycles. The van der Waals surface area contributed by atoms with E-state index in [2.05, 4.69) is 0 Å². The van der Waals surface area contributed by atoms with Gasteiger partial charge in [-0.2, -0.15) is 0 Å². The molecule has 1 aromatic rings. The van der Waals surface area contributed by atoms with Crippen molar-refractivity contribution in [3.63, 3.8) is 0 Å². The quantitative estimate of drug-likeness (QED) is 0.507. The van der Waals surface area contributed by atoms with E-state index in [1.165, 1.54) is 0 Å². The third kappa shape index (κ3) is 3.14. The first kappa shape index (κ1) is 14.9. The highest BCUT2D eigenvalue weighted by molar-refractivity contribution is 5.89. The fourth-order valence-corrected chi connectivity index (χ4v) is 1.88. The number of hydrogen-bond donors (Lipinski definition) is 4. The maximum Gasteiger partial charge on any atom is 0.338 e. The maximum atomic E-state index is 11.7. The van der Waals surface area contributed by atoms with Crippen LogP contribution in [0.5, 0.6) is 0 Å². The Balaban J connectivity index is 1.92. The Hall–Kier alpha value is -1.51. The second-order valence-electron chi connectivity index (χ2n) is 4.50. The molecule has 2 rings (SSSR count). The van der Waals surface area contributed by atoms with Crippen molar-refractivity contribution in [1.29, 1.82) is 0 Å². The number of carbonyl (C=O) groups excluding carboxylic acids is 1. The molecule has 1 saturated heterocycles. The summed E-state index contributed by atoms with van der Waals surface area (Å²) in [6.45, 7) is -0.351. The summed E-state index contributed by atoms with van der Waals surface area (Å²) < 4.78 is 9.83. The van der Waals surface area contributed by atoms with Gasteiger partial charge < -0.3 is 29.9 Å². The van der Waals surface area contributed by atoms with E-state index >= 15 is 0 Å². The molecule has 4 N–H and O–H groups in total. The highest BCUT2D eigenvalue weighted by atomic mass is 16.6. The van der Waals surface area contributed by atoms with Gasteiger partial charge in [-0.1, -0.05) is 18.2 Å². The Morgan fingerprint density at radius 1 is 1.05 bits per heavy atom. The topological polar surface area (TPSA) is 116 Å². The summed E-state index contributed by atoms with van der Waals surface area (Å²) in [5, 5.41) is 37.8. The molecule has 0 radical (unpaired) electrons. The zero-order valence-electron chi connectivity index (χ0n) is 10.5. The predicted molar refractivity (Wildman–Crippen MR) is 65.6 cm³/mol. The van der Waals surface area contributed by atoms with Crippen LogP contribution in [-0.2, 0) is 9.47 Å². The monoisotopic (exact) mass is 284 g/mol. The molecule has 7 nitrogen and oxygen atoms in total. The molecular weight excluding hydrogens is 268 g/mol. The average Bonchev–Trinajstić information content (AvgIpc) is 2.48. The molecule has 1 heterocycles. The van der Waals surface area contributed by atoms with E-state index in [1.54, 1.807) is 30.3 Å². The lowest BCUT2D eigenvalue weighted by molar-refractivity contribution is -0.286. The molecule has 1 aliphatic heterocycles. The minimum absolute atomic E-state index is 0.332. The highest BCUT2D eigenvalue weighted by Crippen LogP contribution is 2.20. The lowest BCUT2D eigenvalue weighted by Gasteiger charge is -2.37. The summed E-state index contributed by atoms with van der Waals surface area (Å²) in [5.41, 5.74) is 0.332. The smallest absolute Gasteiger partial charge is 0.338 e. The van der Waals surface area contributed by atoms with Crippen LogP contribution >= 0.6 is 0 Å². The van der Waals surface area contributed by atoms with Crippen LogP contribution in [0.15, 0.2) is 30.3 Å². The molecule has 5 atom stereocenters. The van der Waals surface area contributed by atoms with Gasteiger partial charge in [-0.05, 0) is 12.1 Å². The molecule has 0 bridgehead atoms. The van der Waals surface area contributed by atoms with E-state index in [0.29, 0.717) is 5.56 Å². The van der Waals surface area contributed by atoms with Crippen molar-refractivity contribution in [1.82, 2.24) is 0 Å². The normalized spacial score (nSPS) is 33.7. The number of ether oxygens (including phenoxy) is 2. The molecule has 1 fully saturated rings. The lowest BCUT2D eigenvalue weighted by atomic mass is 9.99. The van der Waals surface area contributed by atoms with Gasteiger partial charge >= 0.3 is 5.97 Å². The fraction of sp³-hybridized carbons (Fsp3) is 0.462. The molecule has 1 aliphatic rings. The van der Waals surface area contributed by atoms with Crippen molar-refractivity contribution in [2.45, 2.75) is 30.7 Å². The van der Waals surface area contributed by atoms with Crippen molar-refractivity contribution in [3.05, 3.63) is 35.9 Å². The third-order valence-electron chi connectivity index (χ3n) is 3.08. The zero-order valence-corrected chi connectivity index (χ0v) is 10.5. The van der Waals surface area contributed by atoms with Gasteiger partial charge in [-0.15, -0.1) is 0 Å². The lowest BCUT2D eigenvalue weighted by Crippen LogP contribution is -2.58. The molecule has 7 heteroatoms. The number of benzene rings is 1. The number of aliphatic hydroxyl groups is 4. The average molecular weight is 284 g/mol. The molecule has 0 saturated carbocycles. The molecule has 0 aliphatic carbocycles. The number of aliphatic hydroxyl groups excluding tert-OH is 4. The minimum atomic E-state index is -1.64. The van der Waals surface area contributed by atoms with Crippen LogP contribution in [0.4, 0.5) is 0 Å². The summed E-state index contributed by atoms with van der Waals surface area (Å²) in [5.74, 6) is -0.614. The first-order valence-electron chi connectivity index (χ1n) is 6.10. The van der Waals surface area contributed by atoms with Crippen LogP contribution in [-0.4, -0.2) is 63.7 Å². The molecule has 0 unspecified atom stereocenters. The van der Waals surface area contributed by atoms with Crippen LogP contribution in [0.2, 0.25) is 0 Å². The van der Waals surface area contributed by atoms with Gasteiger partial charge in [0, 0.05) is 0 Å². The molecule has 0 spiro atoms. The summed E-state index contributed by atoms with van der Waals surface area (Å²) in [6.07, 6.45) is -7.40. The second-order valence-corrected chi connectivity index (χ2v) is 4.50. The van der Waals surface area contributed by atoms with E-state index in [9.17, 15) is 25.2 Å². The Labute approximate surface area is 115 Å². The van der Waals surface area contributed by atoms with Gasteiger partial charge in [0.1, 0.15) is 31.0 Å². The second kappa shape index (κ2) is 6.29. The number of hydrogen-bond acceptors (Lipinski definition) is 7. The van der Waals surface area contributed by atoms with Gasteiger partial charge in [0.05, 0.1) is 5.56 Å². The van der Waals surface area contributed by atoms with E-state index in [4.69, 9.17) is 9.47 Å². The summed E-state index contributed by atoms with van der Waals surface area (Å²) >= 11 is 0. The highest BCUT2D eigenvalue weighted by Gasteiger charge is 2.43. The van der Waals surface area contributed by atoms with Gasteiger partial charge in [0.2, 0.25) is 0 Å². The van der Waals surface area contributed by atoms with E-state index in [0.717, 1.165) is 0 Å². The van der Waals surface area contributed by atoms with Gasteiger partial charge in [-0.25, -0.2) is 4.79 Å². The van der Waals surface area contributed by atoms with Crippen LogP contribution in [0.1, 0.15) is 10.4 Å². The van der Waals surface area contributed by atoms with Crippen LogP contribution in [0.25, 0.3) is 0 Å². The van der Waals surface area contributed by atoms with Crippen molar-refractivity contribution < 1.29 is 34.7 Å². The largest absolute Gasteiger partial charge is 0.459 e. The Morgan fingerprint density at radius 3 is 2.35 bits per heavy atom. The number of rotatable bonds is 3. The van der Waals surface area contributed by atoms with Gasteiger partial charge in [-0.3, -0.25) is 0 Å². The molecular formula is C13H16O7.